The Labute approximate surface area is 117 Å². The Hall–Kier alpha value is -2.69. The number of aryl methyl sites for hydroxylation is 1. The van der Waals surface area contributed by atoms with E-state index in [0.717, 1.165) is 11.3 Å². The van der Waals surface area contributed by atoms with Gasteiger partial charge in [0.1, 0.15) is 5.69 Å². The summed E-state index contributed by atoms with van der Waals surface area (Å²) in [5.74, 6) is -0.178. The van der Waals surface area contributed by atoms with Gasteiger partial charge < -0.3 is 11.1 Å². The van der Waals surface area contributed by atoms with Crippen molar-refractivity contribution in [1.82, 2.24) is 0 Å². The van der Waals surface area contributed by atoms with Crippen LogP contribution in [0.5, 0.6) is 0 Å². The topological polar surface area (TPSA) is 79.8 Å². The first-order valence-electron chi connectivity index (χ1n) is 6.20. The van der Waals surface area contributed by atoms with E-state index in [9.17, 15) is 4.79 Å². The Kier molecular flexibility index (Phi) is 4.10. The SMILES string of the molecule is CC(=O)Nc1cc(N)ccc1N=Nc1ccc(C)cc1. The van der Waals surface area contributed by atoms with Crippen molar-refractivity contribution in [2.24, 2.45) is 10.2 Å². The lowest BCUT2D eigenvalue weighted by molar-refractivity contribution is -0.114. The molecule has 1 amide bonds. The molecule has 0 unspecified atom stereocenters. The molecule has 102 valence electrons. The summed E-state index contributed by atoms with van der Waals surface area (Å²) in [7, 11) is 0. The fourth-order valence-electron chi connectivity index (χ4n) is 1.65. The van der Waals surface area contributed by atoms with Gasteiger partial charge in [-0.3, -0.25) is 4.79 Å². The number of azo groups is 1. The number of hydrogen-bond acceptors (Lipinski definition) is 4. The number of amides is 1. The van der Waals surface area contributed by atoms with Crippen LogP contribution < -0.4 is 11.1 Å². The van der Waals surface area contributed by atoms with Crippen LogP contribution in [-0.4, -0.2) is 5.91 Å². The van der Waals surface area contributed by atoms with Crippen LogP contribution in [0.25, 0.3) is 0 Å². The quantitative estimate of drug-likeness (QED) is 0.652. The second-order valence-electron chi connectivity index (χ2n) is 4.49. The van der Waals surface area contributed by atoms with Gasteiger partial charge in [0.15, 0.2) is 0 Å². The third-order valence-corrected chi connectivity index (χ3v) is 2.64. The van der Waals surface area contributed by atoms with Crippen LogP contribution >= 0.6 is 0 Å². The lowest BCUT2D eigenvalue weighted by atomic mass is 10.2. The molecule has 0 bridgehead atoms. The number of nitrogens with one attached hydrogen (secondary N) is 1. The number of carbonyl (C=O) groups is 1. The van der Waals surface area contributed by atoms with Crippen molar-refractivity contribution in [3.8, 4) is 0 Å². The predicted octanol–water partition coefficient (Wildman–Crippen LogP) is 3.95. The van der Waals surface area contributed by atoms with Crippen LogP contribution in [0.3, 0.4) is 0 Å². The summed E-state index contributed by atoms with van der Waals surface area (Å²) >= 11 is 0. The number of nitrogens with zero attached hydrogens (tertiary/aromatic N) is 2. The van der Waals surface area contributed by atoms with E-state index < -0.39 is 0 Å². The molecule has 0 heterocycles. The van der Waals surface area contributed by atoms with E-state index in [1.165, 1.54) is 6.92 Å². The van der Waals surface area contributed by atoms with Gasteiger partial charge >= 0.3 is 0 Å². The van der Waals surface area contributed by atoms with E-state index in [1.54, 1.807) is 18.2 Å². The van der Waals surface area contributed by atoms with Crippen LogP contribution in [0, 0.1) is 6.92 Å². The molecule has 0 aliphatic carbocycles. The standard InChI is InChI=1S/C15H16N4O/c1-10-3-6-13(7-4-10)18-19-14-8-5-12(16)9-15(14)17-11(2)20/h3-9H,16H2,1-2H3,(H,17,20). The largest absolute Gasteiger partial charge is 0.399 e. The maximum absolute atomic E-state index is 11.2. The highest BCUT2D eigenvalue weighted by Crippen LogP contribution is 2.29. The fraction of sp³-hybridized carbons (Fsp3) is 0.133. The molecule has 0 saturated carbocycles. The number of rotatable bonds is 3. The Balaban J connectivity index is 2.28. The van der Waals surface area contributed by atoms with Crippen LogP contribution in [0.15, 0.2) is 52.7 Å². The van der Waals surface area contributed by atoms with Crippen LogP contribution in [-0.2, 0) is 4.79 Å². The van der Waals surface area contributed by atoms with E-state index >= 15 is 0 Å². The summed E-state index contributed by atoms with van der Waals surface area (Å²) in [6.45, 7) is 3.44. The van der Waals surface area contributed by atoms with Crippen LogP contribution in [0.1, 0.15) is 12.5 Å². The molecule has 0 aromatic heterocycles. The normalized spacial score (nSPS) is 10.7. The lowest BCUT2D eigenvalue weighted by Crippen LogP contribution is -2.06. The van der Waals surface area contributed by atoms with Gasteiger partial charge in [0, 0.05) is 12.6 Å². The Bertz CT molecular complexity index is 647. The number of benzene rings is 2. The molecule has 0 saturated heterocycles. The van der Waals surface area contributed by atoms with Gasteiger partial charge in [-0.15, -0.1) is 5.11 Å². The molecule has 0 aliphatic rings. The predicted molar refractivity (Wildman–Crippen MR) is 80.5 cm³/mol. The average Bonchev–Trinajstić information content (AvgIpc) is 2.39. The third kappa shape index (κ3) is 3.65. The van der Waals surface area contributed by atoms with Gasteiger partial charge in [0.2, 0.25) is 5.91 Å². The number of carbonyl (C=O) groups excluding carboxylic acids is 1. The summed E-state index contributed by atoms with van der Waals surface area (Å²) in [4.78, 5) is 11.2. The molecule has 5 nitrogen and oxygen atoms in total. The van der Waals surface area contributed by atoms with Gasteiger partial charge in [-0.05, 0) is 37.3 Å². The van der Waals surface area contributed by atoms with Crippen molar-refractivity contribution in [2.45, 2.75) is 13.8 Å². The molecule has 5 heteroatoms. The highest BCUT2D eigenvalue weighted by molar-refractivity contribution is 5.92. The number of anilines is 2. The lowest BCUT2D eigenvalue weighted by Gasteiger charge is -2.06. The molecular formula is C15H16N4O. The number of nitrogen functional groups attached to an aromatic ring is 1. The smallest absolute Gasteiger partial charge is 0.221 e. The van der Waals surface area contributed by atoms with Crippen LogP contribution in [0.2, 0.25) is 0 Å². The van der Waals surface area contributed by atoms with Crippen molar-refractivity contribution in [2.75, 3.05) is 11.1 Å². The first-order valence-corrected chi connectivity index (χ1v) is 6.20. The van der Waals surface area contributed by atoms with E-state index in [4.69, 9.17) is 5.73 Å². The van der Waals surface area contributed by atoms with Crippen molar-refractivity contribution < 1.29 is 4.79 Å². The second-order valence-corrected chi connectivity index (χ2v) is 4.49. The second kappa shape index (κ2) is 5.97. The average molecular weight is 268 g/mol. The molecule has 0 aliphatic heterocycles. The number of hydrogen-bond donors (Lipinski definition) is 2. The molecule has 0 atom stereocenters. The van der Waals surface area contributed by atoms with Crippen molar-refractivity contribution in [3.05, 3.63) is 48.0 Å². The monoisotopic (exact) mass is 268 g/mol. The molecule has 0 radical (unpaired) electrons. The van der Waals surface area contributed by atoms with Crippen LogP contribution in [0.4, 0.5) is 22.7 Å². The summed E-state index contributed by atoms with van der Waals surface area (Å²) in [5.41, 5.74) is 9.29. The third-order valence-electron chi connectivity index (χ3n) is 2.64. The highest BCUT2D eigenvalue weighted by Gasteiger charge is 2.04. The van der Waals surface area contributed by atoms with E-state index in [-0.39, 0.29) is 5.91 Å². The molecule has 0 fully saturated rings. The van der Waals surface area contributed by atoms with Gasteiger partial charge in [-0.25, -0.2) is 0 Å². The Morgan fingerprint density at radius 3 is 2.45 bits per heavy atom. The van der Waals surface area contributed by atoms with E-state index in [0.29, 0.717) is 17.1 Å². The minimum atomic E-state index is -0.178. The molecule has 2 rings (SSSR count). The number of nitrogens with two attached hydrogens (primary N) is 1. The van der Waals surface area contributed by atoms with E-state index in [1.807, 2.05) is 31.2 Å². The molecule has 0 spiro atoms. The Morgan fingerprint density at radius 1 is 1.10 bits per heavy atom. The maximum Gasteiger partial charge on any atom is 0.221 e. The zero-order chi connectivity index (χ0) is 14.5. The first kappa shape index (κ1) is 13.7. The van der Waals surface area contributed by atoms with Gasteiger partial charge in [0.05, 0.1) is 11.4 Å². The van der Waals surface area contributed by atoms with Crippen molar-refractivity contribution >= 4 is 28.7 Å². The van der Waals surface area contributed by atoms with Gasteiger partial charge in [-0.2, -0.15) is 5.11 Å². The summed E-state index contributed by atoms with van der Waals surface area (Å²) in [5, 5.41) is 11.0. The Morgan fingerprint density at radius 2 is 1.80 bits per heavy atom. The molecule has 20 heavy (non-hydrogen) atoms. The minimum Gasteiger partial charge on any atom is -0.399 e. The first-order chi connectivity index (χ1) is 9.54. The zero-order valence-corrected chi connectivity index (χ0v) is 11.4. The molecule has 2 aromatic carbocycles. The van der Waals surface area contributed by atoms with Crippen molar-refractivity contribution in [3.63, 3.8) is 0 Å². The van der Waals surface area contributed by atoms with E-state index in [2.05, 4.69) is 15.5 Å². The van der Waals surface area contributed by atoms with Crippen molar-refractivity contribution in [1.29, 1.82) is 0 Å². The maximum atomic E-state index is 11.2. The molecule has 2 aromatic rings. The van der Waals surface area contributed by atoms with Gasteiger partial charge in [-0.1, -0.05) is 17.7 Å². The molecular weight excluding hydrogens is 252 g/mol. The zero-order valence-electron chi connectivity index (χ0n) is 11.4. The fourth-order valence-corrected chi connectivity index (χ4v) is 1.65. The molecule has 3 N–H and O–H groups in total. The van der Waals surface area contributed by atoms with Gasteiger partial charge in [0.25, 0.3) is 0 Å². The minimum absolute atomic E-state index is 0.178. The highest BCUT2D eigenvalue weighted by atomic mass is 16.1. The summed E-state index contributed by atoms with van der Waals surface area (Å²) < 4.78 is 0. The summed E-state index contributed by atoms with van der Waals surface area (Å²) in [6, 6.07) is 12.8. The summed E-state index contributed by atoms with van der Waals surface area (Å²) in [6.07, 6.45) is 0.